The minimum atomic E-state index is 0.175. The number of phenols is 1. The first-order valence-electron chi connectivity index (χ1n) is 10.2. The van der Waals surface area contributed by atoms with Gasteiger partial charge in [0, 0.05) is 50.2 Å². The number of rotatable bonds is 2. The molecule has 1 atom stereocenters. The van der Waals surface area contributed by atoms with Crippen molar-refractivity contribution in [3.63, 3.8) is 0 Å². The van der Waals surface area contributed by atoms with Gasteiger partial charge in [0.2, 0.25) is 0 Å². The maximum Gasteiger partial charge on any atom is 0.320 e. The second-order valence-electron chi connectivity index (χ2n) is 8.49. The minimum Gasteiger partial charge on any atom is -0.508 e. The summed E-state index contributed by atoms with van der Waals surface area (Å²) in [6, 6.07) is 8.73. The van der Waals surface area contributed by atoms with Gasteiger partial charge in [-0.15, -0.1) is 0 Å². The lowest BCUT2D eigenvalue weighted by molar-refractivity contribution is -0.124. The molecule has 4 rings (SSSR count). The number of benzene rings is 1. The number of aromatic hydroxyl groups is 1. The first kappa shape index (κ1) is 18.6. The number of morpholine rings is 1. The van der Waals surface area contributed by atoms with Crippen molar-refractivity contribution in [2.24, 2.45) is 5.41 Å². The fourth-order valence-electron chi connectivity index (χ4n) is 4.99. The maximum atomic E-state index is 12.8. The van der Waals surface area contributed by atoms with E-state index in [9.17, 15) is 9.90 Å². The molecule has 3 heterocycles. The lowest BCUT2D eigenvalue weighted by Crippen LogP contribution is -2.64. The van der Waals surface area contributed by atoms with Crippen molar-refractivity contribution in [2.75, 3.05) is 45.9 Å². The van der Waals surface area contributed by atoms with Crippen molar-refractivity contribution in [3.05, 3.63) is 29.8 Å². The molecular weight excluding hydrogens is 342 g/mol. The van der Waals surface area contributed by atoms with Crippen molar-refractivity contribution in [1.82, 2.24) is 14.7 Å². The highest BCUT2D eigenvalue weighted by molar-refractivity contribution is 5.74. The number of piperidine rings is 1. The van der Waals surface area contributed by atoms with Gasteiger partial charge in [-0.05, 0) is 44.4 Å². The quantitative estimate of drug-likeness (QED) is 0.866. The first-order valence-corrected chi connectivity index (χ1v) is 10.2. The molecule has 3 fully saturated rings. The van der Waals surface area contributed by atoms with Gasteiger partial charge in [0.1, 0.15) is 5.75 Å². The highest BCUT2D eigenvalue weighted by Gasteiger charge is 2.55. The van der Waals surface area contributed by atoms with E-state index in [4.69, 9.17) is 4.74 Å². The van der Waals surface area contributed by atoms with Crippen LogP contribution in [0.5, 0.6) is 5.75 Å². The zero-order valence-electron chi connectivity index (χ0n) is 16.4. The molecule has 27 heavy (non-hydrogen) atoms. The fraction of sp³-hybridized carbons (Fsp3) is 0.667. The van der Waals surface area contributed by atoms with Crippen molar-refractivity contribution < 1.29 is 14.6 Å². The molecule has 6 nitrogen and oxygen atoms in total. The Balaban J connectivity index is 1.45. The molecule has 0 bridgehead atoms. The van der Waals surface area contributed by atoms with Crippen LogP contribution in [0.4, 0.5) is 4.79 Å². The average Bonchev–Trinajstić information content (AvgIpc) is 2.68. The number of hydrogen-bond donors (Lipinski definition) is 1. The highest BCUT2D eigenvalue weighted by atomic mass is 16.5. The zero-order chi connectivity index (χ0) is 19.0. The third-order valence-corrected chi connectivity index (χ3v) is 6.59. The van der Waals surface area contributed by atoms with E-state index in [2.05, 4.69) is 30.9 Å². The van der Waals surface area contributed by atoms with Gasteiger partial charge >= 0.3 is 6.03 Å². The molecule has 1 N–H and O–H groups in total. The van der Waals surface area contributed by atoms with Crippen molar-refractivity contribution in [1.29, 1.82) is 0 Å². The number of carbonyl (C=O) groups excluding carboxylic acids is 1. The molecule has 3 aliphatic heterocycles. The Morgan fingerprint density at radius 2 is 1.67 bits per heavy atom. The van der Waals surface area contributed by atoms with Gasteiger partial charge in [-0.1, -0.05) is 12.1 Å². The second-order valence-corrected chi connectivity index (χ2v) is 8.49. The van der Waals surface area contributed by atoms with Crippen LogP contribution in [0.3, 0.4) is 0 Å². The number of phenolic OH excluding ortho intramolecular Hbond substituents is 1. The Hall–Kier alpha value is -1.79. The molecule has 6 heteroatoms. The highest BCUT2D eigenvalue weighted by Crippen LogP contribution is 2.55. The van der Waals surface area contributed by atoms with E-state index in [0.717, 1.165) is 32.5 Å². The Morgan fingerprint density at radius 3 is 2.26 bits per heavy atom. The summed E-state index contributed by atoms with van der Waals surface area (Å²) in [6.07, 6.45) is 2.08. The largest absolute Gasteiger partial charge is 0.508 e. The van der Waals surface area contributed by atoms with Crippen LogP contribution in [0.1, 0.15) is 38.3 Å². The lowest BCUT2D eigenvalue weighted by Gasteiger charge is -2.62. The van der Waals surface area contributed by atoms with E-state index in [1.165, 1.54) is 5.56 Å². The average molecular weight is 373 g/mol. The summed E-state index contributed by atoms with van der Waals surface area (Å²) < 4.78 is 5.37. The zero-order valence-corrected chi connectivity index (χ0v) is 16.4. The number of hydrogen-bond acceptors (Lipinski definition) is 4. The van der Waals surface area contributed by atoms with Crippen LogP contribution in [0.2, 0.25) is 0 Å². The van der Waals surface area contributed by atoms with Crippen molar-refractivity contribution >= 4 is 6.03 Å². The molecular formula is C21H31N3O3. The first-order chi connectivity index (χ1) is 13.0. The Kier molecular flexibility index (Phi) is 5.03. The van der Waals surface area contributed by atoms with Crippen LogP contribution in [0, 0.1) is 5.41 Å². The number of carbonyl (C=O) groups is 1. The molecule has 3 aliphatic rings. The SMILES string of the molecule is CC(C)N1CC2(CCN(C(=O)N3CCOCC3)CC2)C1c1ccc(O)cc1. The summed E-state index contributed by atoms with van der Waals surface area (Å²) >= 11 is 0. The third kappa shape index (κ3) is 3.41. The lowest BCUT2D eigenvalue weighted by atomic mass is 9.62. The molecule has 0 aromatic heterocycles. The molecule has 0 saturated carbocycles. The van der Waals surface area contributed by atoms with Crippen molar-refractivity contribution in [3.8, 4) is 5.75 Å². The predicted molar refractivity (Wildman–Crippen MR) is 104 cm³/mol. The minimum absolute atomic E-state index is 0.175. The molecule has 148 valence electrons. The van der Waals surface area contributed by atoms with Gasteiger partial charge in [-0.25, -0.2) is 4.79 Å². The summed E-state index contributed by atoms with van der Waals surface area (Å²) in [4.78, 5) is 19.3. The van der Waals surface area contributed by atoms with E-state index in [-0.39, 0.29) is 11.4 Å². The number of likely N-dealkylation sites (tertiary alicyclic amines) is 2. The summed E-state index contributed by atoms with van der Waals surface area (Å²) in [5, 5.41) is 9.65. The van der Waals surface area contributed by atoms with Crippen LogP contribution in [-0.2, 0) is 4.74 Å². The summed E-state index contributed by atoms with van der Waals surface area (Å²) in [5.41, 5.74) is 1.52. The Labute approximate surface area is 161 Å². The standard InChI is InChI=1S/C21H31N3O3/c1-16(2)24-15-21(19(24)17-3-5-18(25)6-4-17)7-9-22(10-8-21)20(26)23-11-13-27-14-12-23/h3-6,16,19,25H,7-15H2,1-2H3. The third-order valence-electron chi connectivity index (χ3n) is 6.59. The number of ether oxygens (including phenoxy) is 1. The van der Waals surface area contributed by atoms with E-state index >= 15 is 0 Å². The van der Waals surface area contributed by atoms with E-state index in [0.29, 0.717) is 44.1 Å². The van der Waals surface area contributed by atoms with Gasteiger partial charge in [-0.3, -0.25) is 4.90 Å². The maximum absolute atomic E-state index is 12.8. The van der Waals surface area contributed by atoms with Crippen LogP contribution < -0.4 is 0 Å². The van der Waals surface area contributed by atoms with E-state index in [1.807, 2.05) is 9.80 Å². The van der Waals surface area contributed by atoms with Gasteiger partial charge in [-0.2, -0.15) is 0 Å². The summed E-state index contributed by atoms with van der Waals surface area (Å²) in [7, 11) is 0. The smallest absolute Gasteiger partial charge is 0.320 e. The van der Waals surface area contributed by atoms with E-state index in [1.54, 1.807) is 12.1 Å². The topological polar surface area (TPSA) is 56.2 Å². The number of urea groups is 1. The predicted octanol–water partition coefficient (Wildman–Crippen LogP) is 2.69. The number of nitrogens with zero attached hydrogens (tertiary/aromatic N) is 3. The molecule has 2 amide bonds. The normalized spacial score (nSPS) is 25.7. The van der Waals surface area contributed by atoms with Gasteiger partial charge in [0.25, 0.3) is 0 Å². The van der Waals surface area contributed by atoms with Gasteiger partial charge < -0.3 is 19.6 Å². The monoisotopic (exact) mass is 373 g/mol. The van der Waals surface area contributed by atoms with Gasteiger partial charge in [0.15, 0.2) is 0 Å². The molecule has 1 unspecified atom stereocenters. The molecule has 1 spiro atoms. The van der Waals surface area contributed by atoms with Crippen LogP contribution in [-0.4, -0.2) is 77.8 Å². The fourth-order valence-corrected chi connectivity index (χ4v) is 4.99. The molecule has 0 radical (unpaired) electrons. The Morgan fingerprint density at radius 1 is 1.07 bits per heavy atom. The van der Waals surface area contributed by atoms with Crippen LogP contribution in [0.25, 0.3) is 0 Å². The van der Waals surface area contributed by atoms with Crippen LogP contribution >= 0.6 is 0 Å². The Bertz CT molecular complexity index is 662. The summed E-state index contributed by atoms with van der Waals surface area (Å²) in [6.45, 7) is 9.96. The molecule has 1 aromatic rings. The molecule has 3 saturated heterocycles. The summed E-state index contributed by atoms with van der Waals surface area (Å²) in [5.74, 6) is 0.314. The van der Waals surface area contributed by atoms with Crippen LogP contribution in [0.15, 0.2) is 24.3 Å². The molecule has 1 aromatic carbocycles. The number of amides is 2. The van der Waals surface area contributed by atoms with Crippen molar-refractivity contribution in [2.45, 2.75) is 38.8 Å². The van der Waals surface area contributed by atoms with E-state index < -0.39 is 0 Å². The second kappa shape index (κ2) is 7.32. The van der Waals surface area contributed by atoms with Gasteiger partial charge in [0.05, 0.1) is 13.2 Å². The molecule has 0 aliphatic carbocycles.